The van der Waals surface area contributed by atoms with Gasteiger partial charge in [0.15, 0.2) is 0 Å². The van der Waals surface area contributed by atoms with Crippen molar-refractivity contribution in [1.82, 2.24) is 15.1 Å². The highest BCUT2D eigenvalue weighted by molar-refractivity contribution is 5.27. The predicted octanol–water partition coefficient (Wildman–Crippen LogP) is 3.17. The minimum atomic E-state index is -0.383. The van der Waals surface area contributed by atoms with E-state index in [0.717, 1.165) is 11.3 Å². The van der Waals surface area contributed by atoms with Crippen LogP contribution in [0.25, 0.3) is 0 Å². The molecule has 108 valence electrons. The molecule has 20 heavy (non-hydrogen) atoms. The second-order valence-corrected chi connectivity index (χ2v) is 5.10. The molecule has 0 aliphatic rings. The Morgan fingerprint density at radius 3 is 2.55 bits per heavy atom. The predicted molar refractivity (Wildman–Crippen MR) is 74.3 cm³/mol. The molecule has 1 N–H and O–H groups in total. The van der Waals surface area contributed by atoms with Crippen LogP contribution in [0, 0.1) is 25.5 Å². The summed E-state index contributed by atoms with van der Waals surface area (Å²) in [5.74, 6) is -0.764. The van der Waals surface area contributed by atoms with Crippen molar-refractivity contribution < 1.29 is 8.78 Å². The number of aryl methyl sites for hydroxylation is 2. The van der Waals surface area contributed by atoms with Crippen molar-refractivity contribution in [2.45, 2.75) is 33.4 Å². The lowest BCUT2D eigenvalue weighted by Crippen LogP contribution is -2.20. The minimum Gasteiger partial charge on any atom is -0.306 e. The zero-order chi connectivity index (χ0) is 14.9. The van der Waals surface area contributed by atoms with E-state index in [1.165, 1.54) is 12.1 Å². The van der Waals surface area contributed by atoms with Gasteiger partial charge in [0.05, 0.1) is 6.20 Å². The summed E-state index contributed by atoms with van der Waals surface area (Å²) in [7, 11) is 1.87. The maximum Gasteiger partial charge on any atom is 0.128 e. The van der Waals surface area contributed by atoms with Gasteiger partial charge in [-0.2, -0.15) is 5.10 Å². The molecule has 1 aromatic heterocycles. The summed E-state index contributed by atoms with van der Waals surface area (Å²) in [6, 6.07) is 2.22. The number of nitrogens with one attached hydrogen (secondary N) is 1. The third-order valence-corrected chi connectivity index (χ3v) is 3.68. The van der Waals surface area contributed by atoms with Gasteiger partial charge in [0.2, 0.25) is 0 Å². The van der Waals surface area contributed by atoms with E-state index in [1.807, 2.05) is 20.9 Å². The first-order chi connectivity index (χ1) is 9.40. The molecule has 5 heteroatoms. The van der Waals surface area contributed by atoms with Crippen molar-refractivity contribution in [3.63, 3.8) is 0 Å². The van der Waals surface area contributed by atoms with Crippen LogP contribution in [0.15, 0.2) is 18.3 Å². The van der Waals surface area contributed by atoms with E-state index in [-0.39, 0.29) is 17.7 Å². The summed E-state index contributed by atoms with van der Waals surface area (Å²) in [6.07, 6.45) is 1.78. The van der Waals surface area contributed by atoms with Crippen LogP contribution in [-0.4, -0.2) is 9.78 Å². The molecule has 0 bridgehead atoms. The largest absolute Gasteiger partial charge is 0.306 e. The molecule has 0 aliphatic carbocycles. The molecule has 1 heterocycles. The third-order valence-electron chi connectivity index (χ3n) is 3.68. The lowest BCUT2D eigenvalue weighted by molar-refractivity contribution is 0.515. The monoisotopic (exact) mass is 279 g/mol. The Morgan fingerprint density at radius 1 is 1.25 bits per heavy atom. The van der Waals surface area contributed by atoms with E-state index in [4.69, 9.17) is 0 Å². The molecule has 0 amide bonds. The van der Waals surface area contributed by atoms with Crippen LogP contribution in [0.1, 0.15) is 35.3 Å². The van der Waals surface area contributed by atoms with Crippen LogP contribution in [0.5, 0.6) is 0 Å². The van der Waals surface area contributed by atoms with Crippen LogP contribution in [-0.2, 0) is 13.6 Å². The smallest absolute Gasteiger partial charge is 0.128 e. The van der Waals surface area contributed by atoms with Crippen LogP contribution in [0.2, 0.25) is 0 Å². The Kier molecular flexibility index (Phi) is 4.18. The highest BCUT2D eigenvalue weighted by Gasteiger charge is 2.14. The molecule has 2 rings (SSSR count). The fourth-order valence-electron chi connectivity index (χ4n) is 2.08. The molecular formula is C15H19F2N3. The van der Waals surface area contributed by atoms with Crippen LogP contribution < -0.4 is 5.32 Å². The van der Waals surface area contributed by atoms with Crippen molar-refractivity contribution in [3.05, 3.63) is 52.3 Å². The standard InChI is InChI=1S/C15H19F2N3/c1-9-5-15(17)13(6-14(9)16)10(2)18-7-12-8-19-20(4)11(12)3/h5-6,8,10,18H,7H2,1-4H3. The average Bonchev–Trinajstić information content (AvgIpc) is 2.71. The third kappa shape index (κ3) is 2.88. The highest BCUT2D eigenvalue weighted by atomic mass is 19.1. The lowest BCUT2D eigenvalue weighted by atomic mass is 10.0. The van der Waals surface area contributed by atoms with E-state index in [0.29, 0.717) is 17.7 Å². The molecule has 3 nitrogen and oxygen atoms in total. The van der Waals surface area contributed by atoms with Gasteiger partial charge in [-0.05, 0) is 38.5 Å². The Bertz CT molecular complexity index is 620. The van der Waals surface area contributed by atoms with Gasteiger partial charge < -0.3 is 5.32 Å². The fourth-order valence-corrected chi connectivity index (χ4v) is 2.08. The van der Waals surface area contributed by atoms with E-state index in [2.05, 4.69) is 10.4 Å². The van der Waals surface area contributed by atoms with Crippen LogP contribution >= 0.6 is 0 Å². The van der Waals surface area contributed by atoms with Crippen LogP contribution in [0.3, 0.4) is 0 Å². The van der Waals surface area contributed by atoms with E-state index >= 15 is 0 Å². The Balaban J connectivity index is 2.11. The number of benzene rings is 1. The van der Waals surface area contributed by atoms with Crippen molar-refractivity contribution >= 4 is 0 Å². The van der Waals surface area contributed by atoms with Gasteiger partial charge in [-0.1, -0.05) is 0 Å². The zero-order valence-electron chi connectivity index (χ0n) is 12.2. The maximum absolute atomic E-state index is 13.9. The van der Waals surface area contributed by atoms with Crippen molar-refractivity contribution in [2.24, 2.45) is 7.05 Å². The van der Waals surface area contributed by atoms with Gasteiger partial charge in [-0.3, -0.25) is 4.68 Å². The molecule has 0 aliphatic heterocycles. The number of aromatic nitrogens is 2. The lowest BCUT2D eigenvalue weighted by Gasteiger charge is -2.15. The first kappa shape index (κ1) is 14.7. The highest BCUT2D eigenvalue weighted by Crippen LogP contribution is 2.21. The van der Waals surface area contributed by atoms with Gasteiger partial charge in [-0.15, -0.1) is 0 Å². The van der Waals surface area contributed by atoms with Crippen molar-refractivity contribution in [1.29, 1.82) is 0 Å². The number of hydrogen-bond donors (Lipinski definition) is 1. The molecule has 1 atom stereocenters. The quantitative estimate of drug-likeness (QED) is 0.931. The van der Waals surface area contributed by atoms with Crippen molar-refractivity contribution in [3.8, 4) is 0 Å². The Morgan fingerprint density at radius 2 is 1.95 bits per heavy atom. The van der Waals surface area contributed by atoms with Gasteiger partial charge >= 0.3 is 0 Å². The minimum absolute atomic E-state index is 0.273. The van der Waals surface area contributed by atoms with E-state index in [9.17, 15) is 8.78 Å². The molecule has 0 fully saturated rings. The zero-order valence-corrected chi connectivity index (χ0v) is 12.2. The molecule has 0 saturated heterocycles. The second kappa shape index (κ2) is 5.71. The number of hydrogen-bond acceptors (Lipinski definition) is 2. The van der Waals surface area contributed by atoms with Gasteiger partial charge in [0.1, 0.15) is 11.6 Å². The maximum atomic E-state index is 13.9. The average molecular weight is 279 g/mol. The Hall–Kier alpha value is -1.75. The topological polar surface area (TPSA) is 29.9 Å². The summed E-state index contributed by atoms with van der Waals surface area (Å²) in [4.78, 5) is 0. The molecule has 0 saturated carbocycles. The molecule has 0 radical (unpaired) electrons. The summed E-state index contributed by atoms with van der Waals surface area (Å²) >= 11 is 0. The van der Waals surface area contributed by atoms with Crippen molar-refractivity contribution in [2.75, 3.05) is 0 Å². The summed E-state index contributed by atoms with van der Waals surface area (Å²) in [5.41, 5.74) is 2.77. The van der Waals surface area contributed by atoms with Gasteiger partial charge in [0.25, 0.3) is 0 Å². The molecule has 2 aromatic rings. The fraction of sp³-hybridized carbons (Fsp3) is 0.400. The van der Waals surface area contributed by atoms with E-state index in [1.54, 1.807) is 17.8 Å². The normalized spacial score (nSPS) is 12.7. The Labute approximate surface area is 117 Å². The SMILES string of the molecule is Cc1cc(F)c(C(C)NCc2cnn(C)c2C)cc1F. The van der Waals surface area contributed by atoms with E-state index < -0.39 is 0 Å². The number of nitrogens with zero attached hydrogens (tertiary/aromatic N) is 2. The first-order valence-corrected chi connectivity index (χ1v) is 6.56. The van der Waals surface area contributed by atoms with Crippen LogP contribution in [0.4, 0.5) is 8.78 Å². The summed E-state index contributed by atoms with van der Waals surface area (Å²) in [5, 5.41) is 7.35. The van der Waals surface area contributed by atoms with Gasteiger partial charge in [-0.25, -0.2) is 8.78 Å². The molecule has 0 spiro atoms. The molecule has 1 aromatic carbocycles. The molecule has 1 unspecified atom stereocenters. The summed E-state index contributed by atoms with van der Waals surface area (Å²) in [6.45, 7) is 5.91. The molecular weight excluding hydrogens is 260 g/mol. The second-order valence-electron chi connectivity index (χ2n) is 5.10. The first-order valence-electron chi connectivity index (χ1n) is 6.56. The summed E-state index contributed by atoms with van der Waals surface area (Å²) < 4.78 is 29.2. The number of halogens is 2. The van der Waals surface area contributed by atoms with Gasteiger partial charge in [0, 0.05) is 36.5 Å². The number of rotatable bonds is 4.